The zero-order valence-electron chi connectivity index (χ0n) is 20.8. The van der Waals surface area contributed by atoms with E-state index < -0.39 is 23.5 Å². The van der Waals surface area contributed by atoms with E-state index in [0.29, 0.717) is 22.7 Å². The zero-order valence-corrected chi connectivity index (χ0v) is 23.1. The molecule has 3 aromatic carbocycles. The molecular formula is C27H27BrClN3O5. The van der Waals surface area contributed by atoms with Crippen molar-refractivity contribution in [3.8, 4) is 5.75 Å². The van der Waals surface area contributed by atoms with Gasteiger partial charge in [-0.15, -0.1) is 0 Å². The average Bonchev–Trinajstić information content (AvgIpc) is 2.83. The number of benzene rings is 3. The van der Waals surface area contributed by atoms with Crippen molar-refractivity contribution >= 4 is 56.8 Å². The predicted octanol–water partition coefficient (Wildman–Crippen LogP) is 6.64. The van der Waals surface area contributed by atoms with Crippen molar-refractivity contribution in [2.75, 3.05) is 17.7 Å². The molecular weight excluding hydrogens is 562 g/mol. The van der Waals surface area contributed by atoms with Gasteiger partial charge in [-0.3, -0.25) is 9.59 Å². The standard InChI is InChI=1S/C27H27BrClN3O5/c1-27(2,3)37-26(35)30-15-16-5-11-22(29)20(13-16)24(33)32-19-10-12-23(36-4)21(14-19)25(34)31-18-8-6-17(28)7-9-18/h5-14H,15H2,1-4H3,(H,30,35)(H,31,34)(H,32,33). The van der Waals surface area contributed by atoms with Crippen LogP contribution in [0.5, 0.6) is 5.75 Å². The van der Waals surface area contributed by atoms with Gasteiger partial charge >= 0.3 is 6.09 Å². The van der Waals surface area contributed by atoms with Crippen LogP contribution in [0.3, 0.4) is 0 Å². The molecule has 0 spiro atoms. The van der Waals surface area contributed by atoms with Crippen LogP contribution in [0.15, 0.2) is 65.1 Å². The van der Waals surface area contributed by atoms with Crippen LogP contribution in [0, 0.1) is 0 Å². The van der Waals surface area contributed by atoms with Gasteiger partial charge in [-0.25, -0.2) is 4.79 Å². The lowest BCUT2D eigenvalue weighted by molar-refractivity contribution is 0.0523. The van der Waals surface area contributed by atoms with Crippen molar-refractivity contribution < 1.29 is 23.9 Å². The van der Waals surface area contributed by atoms with Gasteiger partial charge in [0.05, 0.1) is 23.3 Å². The fraction of sp³-hybridized carbons (Fsp3) is 0.222. The molecule has 0 saturated carbocycles. The first-order chi connectivity index (χ1) is 17.4. The number of halogens is 2. The third-order valence-corrected chi connectivity index (χ3v) is 5.77. The molecule has 10 heteroatoms. The summed E-state index contributed by atoms with van der Waals surface area (Å²) in [5.41, 5.74) is 1.46. The number of hydrogen-bond acceptors (Lipinski definition) is 5. The Balaban J connectivity index is 1.74. The second-order valence-electron chi connectivity index (χ2n) is 9.00. The van der Waals surface area contributed by atoms with E-state index >= 15 is 0 Å². The number of ether oxygens (including phenoxy) is 2. The molecule has 0 fully saturated rings. The van der Waals surface area contributed by atoms with E-state index in [0.717, 1.165) is 4.47 Å². The Kier molecular flexibility index (Phi) is 9.18. The van der Waals surface area contributed by atoms with Gasteiger partial charge in [-0.1, -0.05) is 33.6 Å². The molecule has 3 aromatic rings. The molecule has 3 N–H and O–H groups in total. The minimum Gasteiger partial charge on any atom is -0.496 e. The fourth-order valence-corrected chi connectivity index (χ4v) is 3.71. The van der Waals surface area contributed by atoms with E-state index in [1.165, 1.54) is 13.2 Å². The Bertz CT molecular complexity index is 1310. The normalized spacial score (nSPS) is 10.9. The molecule has 37 heavy (non-hydrogen) atoms. The molecule has 8 nitrogen and oxygen atoms in total. The van der Waals surface area contributed by atoms with Crippen molar-refractivity contribution in [2.45, 2.75) is 32.9 Å². The van der Waals surface area contributed by atoms with Crippen LogP contribution < -0.4 is 20.7 Å². The second-order valence-corrected chi connectivity index (χ2v) is 10.3. The Morgan fingerprint density at radius 3 is 2.14 bits per heavy atom. The van der Waals surface area contributed by atoms with E-state index in [2.05, 4.69) is 31.9 Å². The molecule has 194 valence electrons. The predicted molar refractivity (Wildman–Crippen MR) is 148 cm³/mol. The first-order valence-corrected chi connectivity index (χ1v) is 12.4. The summed E-state index contributed by atoms with van der Waals surface area (Å²) < 4.78 is 11.4. The van der Waals surface area contributed by atoms with Crippen LogP contribution in [0.2, 0.25) is 5.02 Å². The van der Waals surface area contributed by atoms with Gasteiger partial charge < -0.3 is 25.4 Å². The van der Waals surface area contributed by atoms with Crippen molar-refractivity contribution in [3.63, 3.8) is 0 Å². The molecule has 0 aliphatic heterocycles. The smallest absolute Gasteiger partial charge is 0.407 e. The Labute approximate surface area is 228 Å². The summed E-state index contributed by atoms with van der Waals surface area (Å²) in [5.74, 6) is -0.530. The maximum absolute atomic E-state index is 13.0. The first kappa shape index (κ1) is 28.0. The van der Waals surface area contributed by atoms with Crippen LogP contribution in [0.1, 0.15) is 47.1 Å². The molecule has 0 aliphatic carbocycles. The molecule has 0 aliphatic rings. The zero-order chi connectivity index (χ0) is 27.2. The number of alkyl carbamates (subject to hydrolysis) is 1. The molecule has 0 saturated heterocycles. The van der Waals surface area contributed by atoms with Gasteiger partial charge in [0.2, 0.25) is 0 Å². The highest BCUT2D eigenvalue weighted by molar-refractivity contribution is 9.10. The number of methoxy groups -OCH3 is 1. The first-order valence-electron chi connectivity index (χ1n) is 11.3. The van der Waals surface area contributed by atoms with Gasteiger partial charge in [0.15, 0.2) is 0 Å². The number of hydrogen-bond donors (Lipinski definition) is 3. The SMILES string of the molecule is COc1ccc(NC(=O)c2cc(CNC(=O)OC(C)(C)C)ccc2Cl)cc1C(=O)Nc1ccc(Br)cc1. The molecule has 3 rings (SSSR count). The number of rotatable bonds is 7. The molecule has 0 aromatic heterocycles. The van der Waals surface area contributed by atoms with Gasteiger partial charge in [-0.05, 0) is 80.9 Å². The molecule has 0 radical (unpaired) electrons. The minimum absolute atomic E-state index is 0.148. The summed E-state index contributed by atoms with van der Waals surface area (Å²) in [4.78, 5) is 37.9. The third kappa shape index (κ3) is 8.23. The van der Waals surface area contributed by atoms with Crippen molar-refractivity contribution in [2.24, 2.45) is 0 Å². The number of anilines is 2. The van der Waals surface area contributed by atoms with Crippen LogP contribution in [-0.2, 0) is 11.3 Å². The summed E-state index contributed by atoms with van der Waals surface area (Å²) in [7, 11) is 1.46. The highest BCUT2D eigenvalue weighted by Gasteiger charge is 2.18. The summed E-state index contributed by atoms with van der Waals surface area (Å²) in [6.45, 7) is 5.46. The fourth-order valence-electron chi connectivity index (χ4n) is 3.24. The third-order valence-electron chi connectivity index (χ3n) is 4.92. The lowest BCUT2D eigenvalue weighted by atomic mass is 10.1. The maximum atomic E-state index is 13.0. The maximum Gasteiger partial charge on any atom is 0.407 e. The molecule has 3 amide bonds. The van der Waals surface area contributed by atoms with Gasteiger partial charge in [0, 0.05) is 22.4 Å². The Morgan fingerprint density at radius 2 is 1.49 bits per heavy atom. The van der Waals surface area contributed by atoms with Gasteiger partial charge in [0.1, 0.15) is 11.4 Å². The van der Waals surface area contributed by atoms with Crippen LogP contribution in [-0.4, -0.2) is 30.6 Å². The molecule has 0 atom stereocenters. The number of amides is 3. The summed E-state index contributed by atoms with van der Waals surface area (Å²) in [6, 6.07) is 16.7. The van der Waals surface area contributed by atoms with E-state index in [-0.39, 0.29) is 22.7 Å². The van der Waals surface area contributed by atoms with Gasteiger partial charge in [0.25, 0.3) is 11.8 Å². The number of nitrogens with one attached hydrogen (secondary N) is 3. The molecule has 0 unspecified atom stereocenters. The van der Waals surface area contributed by atoms with E-state index in [9.17, 15) is 14.4 Å². The highest BCUT2D eigenvalue weighted by Crippen LogP contribution is 2.26. The van der Waals surface area contributed by atoms with Crippen molar-refractivity contribution in [3.05, 3.63) is 86.8 Å². The van der Waals surface area contributed by atoms with Crippen LogP contribution >= 0.6 is 27.5 Å². The quantitative estimate of drug-likeness (QED) is 0.287. The topological polar surface area (TPSA) is 106 Å². The molecule has 0 heterocycles. The van der Waals surface area contributed by atoms with Crippen molar-refractivity contribution in [1.29, 1.82) is 0 Å². The van der Waals surface area contributed by atoms with Gasteiger partial charge in [-0.2, -0.15) is 0 Å². The van der Waals surface area contributed by atoms with E-state index in [1.54, 1.807) is 63.2 Å². The van der Waals surface area contributed by atoms with Crippen molar-refractivity contribution in [1.82, 2.24) is 5.32 Å². The summed E-state index contributed by atoms with van der Waals surface area (Å²) in [5, 5.41) is 8.46. The highest BCUT2D eigenvalue weighted by atomic mass is 79.9. The lowest BCUT2D eigenvalue weighted by Gasteiger charge is -2.19. The lowest BCUT2D eigenvalue weighted by Crippen LogP contribution is -2.32. The second kappa shape index (κ2) is 12.1. The van der Waals surface area contributed by atoms with Crippen LogP contribution in [0.25, 0.3) is 0 Å². The molecule has 0 bridgehead atoms. The monoisotopic (exact) mass is 587 g/mol. The number of carbonyl (C=O) groups excluding carboxylic acids is 3. The average molecular weight is 589 g/mol. The Morgan fingerprint density at radius 1 is 0.865 bits per heavy atom. The largest absolute Gasteiger partial charge is 0.496 e. The van der Waals surface area contributed by atoms with E-state index in [1.807, 2.05) is 12.1 Å². The number of carbonyl (C=O) groups is 3. The summed E-state index contributed by atoms with van der Waals surface area (Å²) >= 11 is 9.64. The minimum atomic E-state index is -0.624. The van der Waals surface area contributed by atoms with E-state index in [4.69, 9.17) is 21.1 Å². The van der Waals surface area contributed by atoms with Crippen LogP contribution in [0.4, 0.5) is 16.2 Å². The Hall–Kier alpha value is -3.56. The summed E-state index contributed by atoms with van der Waals surface area (Å²) in [6.07, 6.45) is -0.569.